The highest BCUT2D eigenvalue weighted by atomic mass is 32.2. The summed E-state index contributed by atoms with van der Waals surface area (Å²) < 4.78 is 38.1. The summed E-state index contributed by atoms with van der Waals surface area (Å²) in [5, 5.41) is 2.79. The lowest BCUT2D eigenvalue weighted by atomic mass is 10.1. The average molecular weight is 426 g/mol. The molecule has 0 saturated carbocycles. The van der Waals surface area contributed by atoms with Gasteiger partial charge in [-0.2, -0.15) is 0 Å². The monoisotopic (exact) mass is 426 g/mol. The first-order valence-electron chi connectivity index (χ1n) is 9.06. The molecule has 30 heavy (non-hydrogen) atoms. The largest absolute Gasteiger partial charge is 0.497 e. The highest BCUT2D eigenvalue weighted by Gasteiger charge is 2.16. The first-order chi connectivity index (χ1) is 14.3. The Morgan fingerprint density at radius 3 is 2.23 bits per heavy atom. The van der Waals surface area contributed by atoms with E-state index in [9.17, 15) is 13.2 Å². The number of methoxy groups -OCH3 is 2. The van der Waals surface area contributed by atoms with Crippen molar-refractivity contribution in [2.45, 2.75) is 11.8 Å². The molecule has 0 aliphatic carbocycles. The van der Waals surface area contributed by atoms with E-state index in [0.717, 1.165) is 0 Å². The molecule has 0 atom stereocenters. The molecule has 7 nitrogen and oxygen atoms in total. The molecule has 0 bridgehead atoms. The summed E-state index contributed by atoms with van der Waals surface area (Å²) >= 11 is 0. The van der Waals surface area contributed by atoms with Crippen molar-refractivity contribution in [2.24, 2.45) is 0 Å². The Morgan fingerprint density at radius 1 is 0.867 bits per heavy atom. The molecule has 0 radical (unpaired) electrons. The topological polar surface area (TPSA) is 93.7 Å². The van der Waals surface area contributed by atoms with Gasteiger partial charge >= 0.3 is 0 Å². The summed E-state index contributed by atoms with van der Waals surface area (Å²) in [6, 6.07) is 17.9. The number of sulfonamides is 1. The highest BCUT2D eigenvalue weighted by molar-refractivity contribution is 7.92. The second-order valence-corrected chi connectivity index (χ2v) is 8.15. The molecular formula is C22H22N2O5S. The zero-order valence-corrected chi connectivity index (χ0v) is 17.6. The molecule has 8 heteroatoms. The quantitative estimate of drug-likeness (QED) is 0.594. The van der Waals surface area contributed by atoms with Crippen molar-refractivity contribution < 1.29 is 22.7 Å². The molecule has 2 N–H and O–H groups in total. The number of ether oxygens (including phenoxy) is 2. The van der Waals surface area contributed by atoms with E-state index in [0.29, 0.717) is 34.0 Å². The maximum atomic E-state index is 12.7. The second kappa shape index (κ2) is 8.87. The van der Waals surface area contributed by atoms with Crippen molar-refractivity contribution in [1.82, 2.24) is 0 Å². The molecule has 0 heterocycles. The van der Waals surface area contributed by atoms with Gasteiger partial charge in [0.05, 0.1) is 30.5 Å². The number of anilines is 2. The summed E-state index contributed by atoms with van der Waals surface area (Å²) in [6.07, 6.45) is 0. The van der Waals surface area contributed by atoms with E-state index >= 15 is 0 Å². The van der Waals surface area contributed by atoms with Gasteiger partial charge in [-0.3, -0.25) is 9.52 Å². The third-order valence-corrected chi connectivity index (χ3v) is 5.82. The predicted molar refractivity (Wildman–Crippen MR) is 116 cm³/mol. The van der Waals surface area contributed by atoms with Crippen LogP contribution in [-0.2, 0) is 10.0 Å². The number of nitrogens with one attached hydrogen (secondary N) is 2. The third kappa shape index (κ3) is 4.72. The zero-order valence-electron chi connectivity index (χ0n) is 16.8. The molecular weight excluding hydrogens is 404 g/mol. The molecule has 0 unspecified atom stereocenters. The van der Waals surface area contributed by atoms with Crippen LogP contribution in [0.25, 0.3) is 0 Å². The van der Waals surface area contributed by atoms with Gasteiger partial charge in [-0.15, -0.1) is 0 Å². The van der Waals surface area contributed by atoms with Crippen LogP contribution in [0.1, 0.15) is 15.9 Å². The number of rotatable bonds is 7. The Bertz CT molecular complexity index is 1160. The minimum atomic E-state index is -3.72. The van der Waals surface area contributed by atoms with Gasteiger partial charge in [0.2, 0.25) is 0 Å². The lowest BCUT2D eigenvalue weighted by molar-refractivity contribution is 0.102. The van der Waals surface area contributed by atoms with E-state index in [-0.39, 0.29) is 10.8 Å². The molecule has 0 aliphatic heterocycles. The maximum absolute atomic E-state index is 12.7. The van der Waals surface area contributed by atoms with E-state index < -0.39 is 10.0 Å². The van der Waals surface area contributed by atoms with Crippen LogP contribution in [0.4, 0.5) is 11.4 Å². The van der Waals surface area contributed by atoms with Gasteiger partial charge in [-0.1, -0.05) is 18.2 Å². The van der Waals surface area contributed by atoms with Gasteiger partial charge in [-0.05, 0) is 55.0 Å². The average Bonchev–Trinajstić information content (AvgIpc) is 2.75. The molecule has 3 aromatic rings. The Labute approximate surface area is 175 Å². The second-order valence-electron chi connectivity index (χ2n) is 6.47. The van der Waals surface area contributed by atoms with Gasteiger partial charge in [-0.25, -0.2) is 8.42 Å². The lowest BCUT2D eigenvalue weighted by Gasteiger charge is -2.14. The van der Waals surface area contributed by atoms with Gasteiger partial charge in [0.1, 0.15) is 11.5 Å². The van der Waals surface area contributed by atoms with Crippen LogP contribution in [0.15, 0.2) is 71.6 Å². The van der Waals surface area contributed by atoms with Crippen LogP contribution in [-0.4, -0.2) is 28.5 Å². The van der Waals surface area contributed by atoms with E-state index in [2.05, 4.69) is 10.0 Å². The van der Waals surface area contributed by atoms with Gasteiger partial charge in [0.15, 0.2) is 0 Å². The summed E-state index contributed by atoms with van der Waals surface area (Å²) in [7, 11) is -0.672. The number of hydrogen-bond donors (Lipinski definition) is 2. The van der Waals surface area contributed by atoms with Crippen LogP contribution in [0.3, 0.4) is 0 Å². The molecule has 156 valence electrons. The van der Waals surface area contributed by atoms with E-state index in [1.54, 1.807) is 61.5 Å². The minimum absolute atomic E-state index is 0.163. The molecule has 3 rings (SSSR count). The summed E-state index contributed by atoms with van der Waals surface area (Å²) in [4.78, 5) is 12.9. The Hall–Kier alpha value is -3.52. The van der Waals surface area contributed by atoms with Crippen molar-refractivity contribution in [2.75, 3.05) is 24.3 Å². The van der Waals surface area contributed by atoms with Crippen LogP contribution < -0.4 is 19.5 Å². The van der Waals surface area contributed by atoms with Crippen LogP contribution in [0, 0.1) is 6.92 Å². The van der Waals surface area contributed by atoms with Crippen molar-refractivity contribution >= 4 is 27.3 Å². The van der Waals surface area contributed by atoms with Crippen molar-refractivity contribution in [3.05, 3.63) is 77.9 Å². The Morgan fingerprint density at radius 2 is 1.60 bits per heavy atom. The standard InChI is InChI=1S/C22H22N2O5S/c1-15-13-16(22(25)23-20-14-17(28-2)10-12-21(20)29-3)9-11-19(15)24-30(26,27)18-7-5-4-6-8-18/h4-14,24H,1-3H3,(H,23,25). The SMILES string of the molecule is COc1ccc(OC)c(NC(=O)c2ccc(NS(=O)(=O)c3ccccc3)c(C)c2)c1. The number of carbonyl (C=O) groups excluding carboxylic acids is 1. The molecule has 0 spiro atoms. The number of benzene rings is 3. The summed E-state index contributed by atoms with van der Waals surface area (Å²) in [5.41, 5.74) is 1.85. The predicted octanol–water partition coefficient (Wildman–Crippen LogP) is 4.07. The molecule has 0 aliphatic rings. The van der Waals surface area contributed by atoms with E-state index in [1.807, 2.05) is 0 Å². The van der Waals surface area contributed by atoms with Gasteiger partial charge < -0.3 is 14.8 Å². The Kier molecular flexibility index (Phi) is 6.27. The fourth-order valence-electron chi connectivity index (χ4n) is 2.83. The number of amides is 1. The molecule has 1 amide bonds. The molecule has 3 aromatic carbocycles. The Balaban J connectivity index is 1.81. The highest BCUT2D eigenvalue weighted by Crippen LogP contribution is 2.29. The van der Waals surface area contributed by atoms with E-state index in [1.165, 1.54) is 26.4 Å². The number of aryl methyl sites for hydroxylation is 1. The van der Waals surface area contributed by atoms with Crippen LogP contribution in [0.5, 0.6) is 11.5 Å². The molecule has 0 fully saturated rings. The van der Waals surface area contributed by atoms with Crippen molar-refractivity contribution in [3.8, 4) is 11.5 Å². The van der Waals surface area contributed by atoms with E-state index in [4.69, 9.17) is 9.47 Å². The fraction of sp³-hybridized carbons (Fsp3) is 0.136. The molecule has 0 aromatic heterocycles. The third-order valence-electron chi connectivity index (χ3n) is 4.44. The van der Waals surface area contributed by atoms with Gasteiger partial charge in [0.25, 0.3) is 15.9 Å². The van der Waals surface area contributed by atoms with Gasteiger partial charge in [0, 0.05) is 11.6 Å². The molecule has 0 saturated heterocycles. The number of hydrogen-bond acceptors (Lipinski definition) is 5. The maximum Gasteiger partial charge on any atom is 0.261 e. The van der Waals surface area contributed by atoms with Crippen molar-refractivity contribution in [3.63, 3.8) is 0 Å². The normalized spacial score (nSPS) is 10.9. The summed E-state index contributed by atoms with van der Waals surface area (Å²) in [5.74, 6) is 0.711. The first-order valence-corrected chi connectivity index (χ1v) is 10.5. The minimum Gasteiger partial charge on any atom is -0.497 e. The summed E-state index contributed by atoms with van der Waals surface area (Å²) in [6.45, 7) is 1.73. The van der Waals surface area contributed by atoms with Crippen molar-refractivity contribution in [1.29, 1.82) is 0 Å². The zero-order chi connectivity index (χ0) is 21.7. The number of carbonyl (C=O) groups is 1. The fourth-order valence-corrected chi connectivity index (χ4v) is 3.98. The van der Waals surface area contributed by atoms with Crippen LogP contribution >= 0.6 is 0 Å². The van der Waals surface area contributed by atoms with Crippen LogP contribution in [0.2, 0.25) is 0 Å². The first kappa shape index (κ1) is 21.2. The lowest BCUT2D eigenvalue weighted by Crippen LogP contribution is -2.15. The smallest absolute Gasteiger partial charge is 0.261 e.